The number of hydrogen-bond acceptors (Lipinski definition) is 3. The van der Waals surface area contributed by atoms with Crippen molar-refractivity contribution in [3.8, 4) is 5.75 Å². The Labute approximate surface area is 121 Å². The number of aliphatic hydroxyl groups excluding tert-OH is 1. The number of nitrogens with one attached hydrogen (secondary N) is 1. The van der Waals surface area contributed by atoms with E-state index in [1.54, 1.807) is 0 Å². The number of benzene rings is 1. The normalized spacial score (nSPS) is 13.7. The van der Waals surface area contributed by atoms with Crippen LogP contribution in [0.5, 0.6) is 5.75 Å². The number of carbonyl (C=O) groups is 1. The summed E-state index contributed by atoms with van der Waals surface area (Å²) in [6.07, 6.45) is 0.968. The van der Waals surface area contributed by atoms with Crippen LogP contribution < -0.4 is 10.1 Å². The number of amides is 1. The van der Waals surface area contributed by atoms with Crippen molar-refractivity contribution in [3.05, 3.63) is 29.3 Å². The Bertz CT molecular complexity index is 453. The molecular weight excluding hydrogens is 254 g/mol. The molecule has 0 aliphatic heterocycles. The molecule has 1 aromatic rings. The van der Waals surface area contributed by atoms with Gasteiger partial charge in [0.1, 0.15) is 5.75 Å². The lowest BCUT2D eigenvalue weighted by Crippen LogP contribution is -2.48. The van der Waals surface area contributed by atoms with Crippen molar-refractivity contribution in [2.24, 2.45) is 0 Å². The zero-order valence-corrected chi connectivity index (χ0v) is 12.8. The van der Waals surface area contributed by atoms with E-state index >= 15 is 0 Å². The van der Waals surface area contributed by atoms with E-state index < -0.39 is 5.54 Å². The Hall–Kier alpha value is -1.55. The molecule has 0 bridgehead atoms. The van der Waals surface area contributed by atoms with Gasteiger partial charge in [0.2, 0.25) is 5.91 Å². The van der Waals surface area contributed by atoms with E-state index in [1.807, 2.05) is 45.9 Å². The third-order valence-electron chi connectivity index (χ3n) is 3.65. The minimum atomic E-state index is -0.544. The first kappa shape index (κ1) is 16.5. The van der Waals surface area contributed by atoms with Crippen LogP contribution in [0, 0.1) is 13.8 Å². The summed E-state index contributed by atoms with van der Waals surface area (Å²) in [7, 11) is 0. The van der Waals surface area contributed by atoms with Crippen LogP contribution in [0.25, 0.3) is 0 Å². The molecule has 1 amide bonds. The number of rotatable bonds is 7. The molecule has 0 aliphatic rings. The van der Waals surface area contributed by atoms with Gasteiger partial charge in [0.15, 0.2) is 0 Å². The summed E-state index contributed by atoms with van der Waals surface area (Å²) in [4.78, 5) is 11.8. The SMILES string of the molecule is CCC(C)(CO)NC(=O)CCOc1ccc(C)c(C)c1. The second kappa shape index (κ2) is 7.29. The average Bonchev–Trinajstić information content (AvgIpc) is 2.42. The van der Waals surface area contributed by atoms with E-state index in [4.69, 9.17) is 4.74 Å². The first-order valence-electron chi connectivity index (χ1n) is 7.02. The predicted molar refractivity (Wildman–Crippen MR) is 80.0 cm³/mol. The third kappa shape index (κ3) is 4.85. The molecule has 1 rings (SSSR count). The predicted octanol–water partition coefficient (Wildman–Crippen LogP) is 2.35. The Morgan fingerprint density at radius 3 is 2.60 bits per heavy atom. The molecule has 0 spiro atoms. The van der Waals surface area contributed by atoms with Crippen LogP contribution in [0.3, 0.4) is 0 Å². The number of aliphatic hydroxyl groups is 1. The monoisotopic (exact) mass is 279 g/mol. The van der Waals surface area contributed by atoms with Gasteiger partial charge < -0.3 is 15.2 Å². The van der Waals surface area contributed by atoms with E-state index in [0.29, 0.717) is 13.0 Å². The molecule has 0 aromatic heterocycles. The number of hydrogen-bond donors (Lipinski definition) is 2. The Kier molecular flexibility index (Phi) is 6.02. The quantitative estimate of drug-likeness (QED) is 0.805. The molecular formula is C16H25NO3. The van der Waals surface area contributed by atoms with Gasteiger partial charge in [-0.15, -0.1) is 0 Å². The summed E-state index contributed by atoms with van der Waals surface area (Å²) in [5.74, 6) is 0.675. The molecule has 0 fully saturated rings. The van der Waals surface area contributed by atoms with Gasteiger partial charge in [-0.1, -0.05) is 13.0 Å². The second-order valence-corrected chi connectivity index (χ2v) is 5.47. The maximum absolute atomic E-state index is 11.8. The Morgan fingerprint density at radius 2 is 2.05 bits per heavy atom. The summed E-state index contributed by atoms with van der Waals surface area (Å²) < 4.78 is 5.57. The van der Waals surface area contributed by atoms with E-state index in [9.17, 15) is 9.90 Å². The van der Waals surface area contributed by atoms with Crippen molar-refractivity contribution in [1.29, 1.82) is 0 Å². The minimum Gasteiger partial charge on any atom is -0.493 e. The summed E-state index contributed by atoms with van der Waals surface area (Å²) in [5, 5.41) is 12.1. The smallest absolute Gasteiger partial charge is 0.223 e. The van der Waals surface area contributed by atoms with E-state index in [-0.39, 0.29) is 18.9 Å². The van der Waals surface area contributed by atoms with Crippen molar-refractivity contribution < 1.29 is 14.6 Å². The van der Waals surface area contributed by atoms with Crippen LogP contribution in [0.15, 0.2) is 18.2 Å². The Balaban J connectivity index is 2.40. The zero-order valence-electron chi connectivity index (χ0n) is 12.8. The molecule has 0 saturated carbocycles. The van der Waals surface area contributed by atoms with Gasteiger partial charge in [0.25, 0.3) is 0 Å². The molecule has 0 radical (unpaired) electrons. The fourth-order valence-corrected chi connectivity index (χ4v) is 1.70. The van der Waals surface area contributed by atoms with Crippen LogP contribution in [-0.4, -0.2) is 29.8 Å². The molecule has 1 aromatic carbocycles. The summed E-state index contributed by atoms with van der Waals surface area (Å²) in [6.45, 7) is 8.11. The maximum atomic E-state index is 11.8. The molecule has 0 saturated heterocycles. The first-order chi connectivity index (χ1) is 9.40. The van der Waals surface area contributed by atoms with Crippen LogP contribution in [-0.2, 0) is 4.79 Å². The van der Waals surface area contributed by atoms with E-state index in [2.05, 4.69) is 5.32 Å². The lowest BCUT2D eigenvalue weighted by Gasteiger charge is -2.27. The van der Waals surface area contributed by atoms with Crippen LogP contribution in [0.1, 0.15) is 37.8 Å². The van der Waals surface area contributed by atoms with Gasteiger partial charge in [-0.2, -0.15) is 0 Å². The van der Waals surface area contributed by atoms with Crippen LogP contribution >= 0.6 is 0 Å². The van der Waals surface area contributed by atoms with Crippen molar-refractivity contribution in [1.82, 2.24) is 5.32 Å². The molecule has 2 N–H and O–H groups in total. The van der Waals surface area contributed by atoms with Crippen molar-refractivity contribution in [3.63, 3.8) is 0 Å². The minimum absolute atomic E-state index is 0.0622. The lowest BCUT2D eigenvalue weighted by molar-refractivity contribution is -0.123. The second-order valence-electron chi connectivity index (χ2n) is 5.47. The zero-order chi connectivity index (χ0) is 15.2. The molecule has 1 unspecified atom stereocenters. The average molecular weight is 279 g/mol. The van der Waals surface area contributed by atoms with Crippen molar-refractivity contribution in [2.75, 3.05) is 13.2 Å². The van der Waals surface area contributed by atoms with Crippen LogP contribution in [0.2, 0.25) is 0 Å². The van der Waals surface area contributed by atoms with Gasteiger partial charge >= 0.3 is 0 Å². The summed E-state index contributed by atoms with van der Waals surface area (Å²) in [5.41, 5.74) is 1.85. The van der Waals surface area contributed by atoms with Gasteiger partial charge in [0.05, 0.1) is 25.2 Å². The highest BCUT2D eigenvalue weighted by atomic mass is 16.5. The van der Waals surface area contributed by atoms with Gasteiger partial charge in [-0.05, 0) is 50.5 Å². The van der Waals surface area contributed by atoms with Gasteiger partial charge in [-0.25, -0.2) is 0 Å². The number of ether oxygens (including phenoxy) is 1. The molecule has 112 valence electrons. The highest BCUT2D eigenvalue weighted by Crippen LogP contribution is 2.16. The van der Waals surface area contributed by atoms with Crippen molar-refractivity contribution >= 4 is 5.91 Å². The molecule has 1 atom stereocenters. The Morgan fingerprint density at radius 1 is 1.35 bits per heavy atom. The lowest BCUT2D eigenvalue weighted by atomic mass is 10.0. The summed E-state index contributed by atoms with van der Waals surface area (Å²) >= 11 is 0. The molecule has 4 heteroatoms. The van der Waals surface area contributed by atoms with Gasteiger partial charge in [-0.3, -0.25) is 4.79 Å². The fraction of sp³-hybridized carbons (Fsp3) is 0.562. The molecule has 0 heterocycles. The molecule has 20 heavy (non-hydrogen) atoms. The fourth-order valence-electron chi connectivity index (χ4n) is 1.70. The first-order valence-corrected chi connectivity index (χ1v) is 7.02. The maximum Gasteiger partial charge on any atom is 0.223 e. The number of carbonyl (C=O) groups excluding carboxylic acids is 1. The van der Waals surface area contributed by atoms with Crippen LogP contribution in [0.4, 0.5) is 0 Å². The highest BCUT2D eigenvalue weighted by Gasteiger charge is 2.22. The highest BCUT2D eigenvalue weighted by molar-refractivity contribution is 5.76. The number of aryl methyl sites for hydroxylation is 2. The van der Waals surface area contributed by atoms with Gasteiger partial charge in [0, 0.05) is 0 Å². The summed E-state index contributed by atoms with van der Waals surface area (Å²) in [6, 6.07) is 5.88. The van der Waals surface area contributed by atoms with E-state index in [1.165, 1.54) is 11.1 Å². The van der Waals surface area contributed by atoms with E-state index in [0.717, 1.165) is 5.75 Å². The van der Waals surface area contributed by atoms with Crippen molar-refractivity contribution in [2.45, 2.75) is 46.1 Å². The standard InChI is InChI=1S/C16H25NO3/c1-5-16(4,11-18)17-15(19)8-9-20-14-7-6-12(2)13(3)10-14/h6-7,10,18H,5,8-9,11H2,1-4H3,(H,17,19). The molecule has 0 aliphatic carbocycles. The third-order valence-corrected chi connectivity index (χ3v) is 3.65. The topological polar surface area (TPSA) is 58.6 Å². The molecule has 4 nitrogen and oxygen atoms in total. The largest absolute Gasteiger partial charge is 0.493 e.